The van der Waals surface area contributed by atoms with Gasteiger partial charge in [0, 0.05) is 18.8 Å². The Hall–Kier alpha value is -3.89. The molecular weight excluding hydrogens is 530 g/mol. The summed E-state index contributed by atoms with van der Waals surface area (Å²) in [6.07, 6.45) is 1.72. The molecule has 0 radical (unpaired) electrons. The third-order valence-corrected chi connectivity index (χ3v) is 7.52. The molecule has 3 aromatic rings. The second kappa shape index (κ2) is 13.5. The van der Waals surface area contributed by atoms with E-state index >= 15 is 0 Å². The van der Waals surface area contributed by atoms with Crippen molar-refractivity contribution < 1.29 is 28.6 Å². The van der Waals surface area contributed by atoms with E-state index in [0.29, 0.717) is 40.8 Å². The first-order valence-corrected chi connectivity index (χ1v) is 14.0. The highest BCUT2D eigenvalue weighted by molar-refractivity contribution is 7.12. The first kappa shape index (κ1) is 29.1. The van der Waals surface area contributed by atoms with Gasteiger partial charge >= 0.3 is 0 Å². The van der Waals surface area contributed by atoms with E-state index in [1.807, 2.05) is 32.0 Å². The fourth-order valence-corrected chi connectivity index (χ4v) is 5.46. The number of methoxy groups -OCH3 is 2. The topological polar surface area (TPSA) is 106 Å². The summed E-state index contributed by atoms with van der Waals surface area (Å²) in [4.78, 5) is 42.5. The lowest BCUT2D eigenvalue weighted by atomic mass is 10.0. The Kier molecular flexibility index (Phi) is 9.79. The number of aryl methyl sites for hydroxylation is 2. The van der Waals surface area contributed by atoms with Crippen molar-refractivity contribution in [2.45, 2.75) is 38.8 Å². The minimum atomic E-state index is -1.06. The van der Waals surface area contributed by atoms with Crippen LogP contribution in [0, 0.1) is 13.8 Å². The predicted molar refractivity (Wildman–Crippen MR) is 154 cm³/mol. The first-order valence-electron chi connectivity index (χ1n) is 13.1. The Balaban J connectivity index is 1.74. The van der Waals surface area contributed by atoms with E-state index in [1.165, 1.54) is 30.5 Å². The van der Waals surface area contributed by atoms with Crippen LogP contribution in [-0.2, 0) is 14.3 Å². The van der Waals surface area contributed by atoms with Gasteiger partial charge in [-0.25, -0.2) is 0 Å². The molecule has 0 saturated carbocycles. The minimum Gasteiger partial charge on any atom is -0.493 e. The number of hydrogen-bond donors (Lipinski definition) is 2. The number of carbonyl (C=O) groups is 3. The molecule has 0 aliphatic carbocycles. The molecule has 1 aliphatic heterocycles. The lowest BCUT2D eigenvalue weighted by Crippen LogP contribution is -2.48. The van der Waals surface area contributed by atoms with Crippen molar-refractivity contribution in [3.8, 4) is 11.5 Å². The van der Waals surface area contributed by atoms with E-state index in [-0.39, 0.29) is 24.5 Å². The number of thiophene rings is 1. The van der Waals surface area contributed by atoms with Crippen LogP contribution in [0.25, 0.3) is 0 Å². The van der Waals surface area contributed by atoms with Gasteiger partial charge in [-0.05, 0) is 79.1 Å². The van der Waals surface area contributed by atoms with Crippen molar-refractivity contribution in [1.29, 1.82) is 0 Å². The number of amides is 3. The van der Waals surface area contributed by atoms with Gasteiger partial charge in [0.15, 0.2) is 11.5 Å². The van der Waals surface area contributed by atoms with Gasteiger partial charge < -0.3 is 24.8 Å². The standard InChI is InChI=1S/C30H35N3O6S/c1-19-13-20(2)15-22(14-19)33(27(34)18-32-29(35)26-8-6-12-40-26)28(30(36)31-17-23-7-5-11-39-23)21-9-10-24(37-3)25(16-21)38-4/h6,8-10,12-16,23,28H,5,7,11,17-18H2,1-4H3,(H,31,36)(H,32,35)/t23-,28-/m1/s1. The average molecular weight is 566 g/mol. The monoisotopic (exact) mass is 565 g/mol. The van der Waals surface area contributed by atoms with Crippen LogP contribution in [0.3, 0.4) is 0 Å². The average Bonchev–Trinajstić information content (AvgIpc) is 3.67. The third kappa shape index (κ3) is 7.00. The Morgan fingerprint density at radius 2 is 1.77 bits per heavy atom. The molecule has 2 atom stereocenters. The van der Waals surface area contributed by atoms with Crippen LogP contribution in [0.1, 0.15) is 45.2 Å². The van der Waals surface area contributed by atoms with E-state index in [1.54, 1.807) is 35.7 Å². The number of anilines is 1. The van der Waals surface area contributed by atoms with Crippen LogP contribution in [0.5, 0.6) is 11.5 Å². The molecule has 0 bridgehead atoms. The van der Waals surface area contributed by atoms with Crippen LogP contribution in [-0.4, -0.2) is 57.7 Å². The van der Waals surface area contributed by atoms with Crippen LogP contribution in [0.4, 0.5) is 5.69 Å². The summed E-state index contributed by atoms with van der Waals surface area (Å²) in [5.41, 5.74) is 2.93. The van der Waals surface area contributed by atoms with Gasteiger partial charge in [0.05, 0.1) is 31.7 Å². The minimum absolute atomic E-state index is 0.0783. The number of ether oxygens (including phenoxy) is 3. The number of nitrogens with zero attached hydrogens (tertiary/aromatic N) is 1. The van der Waals surface area contributed by atoms with Gasteiger partial charge in [0.25, 0.3) is 5.91 Å². The highest BCUT2D eigenvalue weighted by Gasteiger charge is 2.34. The fraction of sp³-hybridized carbons (Fsp3) is 0.367. The van der Waals surface area contributed by atoms with Gasteiger partial charge in [0.2, 0.25) is 11.8 Å². The van der Waals surface area contributed by atoms with Crippen molar-refractivity contribution in [3.05, 3.63) is 75.5 Å². The van der Waals surface area contributed by atoms with E-state index < -0.39 is 11.9 Å². The molecule has 2 heterocycles. The highest BCUT2D eigenvalue weighted by Crippen LogP contribution is 2.35. The summed E-state index contributed by atoms with van der Waals surface area (Å²) in [5.74, 6) is -0.246. The van der Waals surface area contributed by atoms with E-state index in [4.69, 9.17) is 14.2 Å². The van der Waals surface area contributed by atoms with Gasteiger partial charge in [-0.3, -0.25) is 19.3 Å². The zero-order chi connectivity index (χ0) is 28.6. The summed E-state index contributed by atoms with van der Waals surface area (Å²) < 4.78 is 16.6. The Morgan fingerprint density at radius 3 is 2.40 bits per heavy atom. The van der Waals surface area contributed by atoms with Crippen LogP contribution < -0.4 is 25.0 Å². The molecule has 3 amide bonds. The third-order valence-electron chi connectivity index (χ3n) is 6.66. The van der Waals surface area contributed by atoms with Gasteiger partial charge in [-0.1, -0.05) is 18.2 Å². The maximum atomic E-state index is 14.0. The number of rotatable bonds is 11. The summed E-state index contributed by atoms with van der Waals surface area (Å²) in [7, 11) is 3.05. The zero-order valence-corrected chi connectivity index (χ0v) is 24.0. The molecule has 40 heavy (non-hydrogen) atoms. The normalized spacial score (nSPS) is 15.2. The van der Waals surface area contributed by atoms with Crippen molar-refractivity contribution in [2.75, 3.05) is 38.8 Å². The summed E-state index contributed by atoms with van der Waals surface area (Å²) in [6, 6.07) is 13.2. The molecule has 2 aromatic carbocycles. The van der Waals surface area contributed by atoms with Gasteiger partial charge in [-0.2, -0.15) is 0 Å². The molecule has 1 saturated heterocycles. The number of carbonyl (C=O) groups excluding carboxylic acids is 3. The first-order chi connectivity index (χ1) is 19.3. The lowest BCUT2D eigenvalue weighted by molar-refractivity contribution is -0.126. The molecule has 212 valence electrons. The van der Waals surface area contributed by atoms with Crippen LogP contribution in [0.15, 0.2) is 53.9 Å². The number of hydrogen-bond acceptors (Lipinski definition) is 7. The summed E-state index contributed by atoms with van der Waals surface area (Å²) in [5, 5.41) is 7.50. The summed E-state index contributed by atoms with van der Waals surface area (Å²) >= 11 is 1.29. The number of nitrogens with one attached hydrogen (secondary N) is 2. The van der Waals surface area contributed by atoms with Crippen molar-refractivity contribution in [2.24, 2.45) is 0 Å². The molecule has 1 aliphatic rings. The fourth-order valence-electron chi connectivity index (χ4n) is 4.82. The van der Waals surface area contributed by atoms with E-state index in [2.05, 4.69) is 10.6 Å². The van der Waals surface area contributed by atoms with E-state index in [9.17, 15) is 14.4 Å². The lowest BCUT2D eigenvalue weighted by Gasteiger charge is -2.32. The van der Waals surface area contributed by atoms with Crippen LogP contribution >= 0.6 is 11.3 Å². The quantitative estimate of drug-likeness (QED) is 0.361. The van der Waals surface area contributed by atoms with Crippen molar-refractivity contribution >= 4 is 34.7 Å². The molecule has 9 nitrogen and oxygen atoms in total. The van der Waals surface area contributed by atoms with Crippen LogP contribution in [0.2, 0.25) is 0 Å². The Morgan fingerprint density at radius 1 is 1.02 bits per heavy atom. The molecule has 0 spiro atoms. The number of benzene rings is 2. The molecule has 1 aromatic heterocycles. The molecule has 2 N–H and O–H groups in total. The Labute approximate surface area is 238 Å². The zero-order valence-electron chi connectivity index (χ0n) is 23.2. The Bertz CT molecular complexity index is 1320. The molecular formula is C30H35N3O6S. The van der Waals surface area contributed by atoms with Gasteiger partial charge in [0.1, 0.15) is 6.04 Å². The molecule has 4 rings (SSSR count). The maximum absolute atomic E-state index is 14.0. The predicted octanol–water partition coefficient (Wildman–Crippen LogP) is 4.18. The maximum Gasteiger partial charge on any atom is 0.261 e. The van der Waals surface area contributed by atoms with Crippen molar-refractivity contribution in [3.63, 3.8) is 0 Å². The molecule has 10 heteroatoms. The molecule has 0 unspecified atom stereocenters. The van der Waals surface area contributed by atoms with E-state index in [0.717, 1.165) is 24.0 Å². The second-order valence-corrected chi connectivity index (χ2v) is 10.6. The summed E-state index contributed by atoms with van der Waals surface area (Å²) in [6.45, 7) is 4.55. The smallest absolute Gasteiger partial charge is 0.261 e. The SMILES string of the molecule is COc1ccc([C@H](C(=O)NC[C@H]2CCCO2)N(C(=O)CNC(=O)c2cccs2)c2cc(C)cc(C)c2)cc1OC. The van der Waals surface area contributed by atoms with Crippen molar-refractivity contribution in [1.82, 2.24) is 10.6 Å². The largest absolute Gasteiger partial charge is 0.493 e. The molecule has 1 fully saturated rings. The highest BCUT2D eigenvalue weighted by atomic mass is 32.1. The second-order valence-electron chi connectivity index (χ2n) is 9.67. The van der Waals surface area contributed by atoms with Gasteiger partial charge in [-0.15, -0.1) is 11.3 Å².